The number of hydrogen-bond donors (Lipinski definition) is 1. The number of fused-ring (bicyclic) bond motifs is 1. The molecule has 1 amide bonds. The lowest BCUT2D eigenvalue weighted by Crippen LogP contribution is -2.41. The predicted molar refractivity (Wildman–Crippen MR) is 89.9 cm³/mol. The van der Waals surface area contributed by atoms with E-state index in [4.69, 9.17) is 9.72 Å². The molecule has 0 bridgehead atoms. The van der Waals surface area contributed by atoms with Crippen LogP contribution in [0, 0.1) is 0 Å². The molecule has 4 rings (SSSR count). The number of hydrogen-bond acceptors (Lipinski definition) is 5. The first kappa shape index (κ1) is 15.5. The highest BCUT2D eigenvalue weighted by atomic mass is 32.1. The van der Waals surface area contributed by atoms with Crippen LogP contribution < -0.4 is 5.32 Å². The third kappa shape index (κ3) is 3.44. The molecule has 126 valence electrons. The van der Waals surface area contributed by atoms with Gasteiger partial charge in [-0.3, -0.25) is 4.79 Å². The fourth-order valence-electron chi connectivity index (χ4n) is 3.84. The predicted octanol–water partition coefficient (Wildman–Crippen LogP) is 1.72. The Labute approximate surface area is 141 Å². The molecule has 1 N–H and O–H groups in total. The van der Waals surface area contributed by atoms with Crippen molar-refractivity contribution in [2.24, 2.45) is 0 Å². The molecule has 2 aliphatic heterocycles. The highest BCUT2D eigenvalue weighted by Crippen LogP contribution is 2.35. The van der Waals surface area contributed by atoms with E-state index in [2.05, 4.69) is 5.32 Å². The van der Waals surface area contributed by atoms with Crippen LogP contribution in [0.2, 0.25) is 0 Å². The Morgan fingerprint density at radius 1 is 1.35 bits per heavy atom. The maximum absolute atomic E-state index is 12.4. The molecule has 1 aromatic rings. The van der Waals surface area contributed by atoms with Gasteiger partial charge in [-0.25, -0.2) is 4.98 Å². The van der Waals surface area contributed by atoms with Crippen LogP contribution in [0.3, 0.4) is 0 Å². The van der Waals surface area contributed by atoms with Crippen molar-refractivity contribution in [3.8, 4) is 0 Å². The topological polar surface area (TPSA) is 54.5 Å². The second kappa shape index (κ2) is 6.87. The number of nitrogens with zero attached hydrogens (tertiary/aromatic N) is 2. The van der Waals surface area contributed by atoms with Crippen LogP contribution in [0.25, 0.3) is 0 Å². The van der Waals surface area contributed by atoms with Crippen molar-refractivity contribution >= 4 is 17.2 Å². The van der Waals surface area contributed by atoms with E-state index in [-0.39, 0.29) is 18.6 Å². The summed E-state index contributed by atoms with van der Waals surface area (Å²) in [6.07, 6.45) is 7.06. The molecule has 0 radical (unpaired) electrons. The van der Waals surface area contributed by atoms with Gasteiger partial charge >= 0.3 is 0 Å². The summed E-state index contributed by atoms with van der Waals surface area (Å²) < 4.78 is 5.74. The smallest absolute Gasteiger partial charge is 0.248 e. The average molecular weight is 335 g/mol. The van der Waals surface area contributed by atoms with Gasteiger partial charge < -0.3 is 15.0 Å². The maximum atomic E-state index is 12.4. The minimum absolute atomic E-state index is 0.144. The minimum Gasteiger partial charge on any atom is -0.367 e. The van der Waals surface area contributed by atoms with Crippen LogP contribution in [0.5, 0.6) is 0 Å². The van der Waals surface area contributed by atoms with Crippen LogP contribution in [0.1, 0.15) is 47.2 Å². The summed E-state index contributed by atoms with van der Waals surface area (Å²) in [4.78, 5) is 20.8. The molecule has 3 heterocycles. The summed E-state index contributed by atoms with van der Waals surface area (Å²) >= 11 is 1.89. The molecule has 2 saturated heterocycles. The fraction of sp³-hybridized carbons (Fsp3) is 0.765. The number of carbonyl (C=O) groups is 1. The number of thiazole rings is 1. The van der Waals surface area contributed by atoms with Gasteiger partial charge in [0.2, 0.25) is 5.91 Å². The second-order valence-corrected chi connectivity index (χ2v) is 8.00. The fourth-order valence-corrected chi connectivity index (χ4v) is 5.12. The first-order valence-corrected chi connectivity index (χ1v) is 9.70. The number of likely N-dealkylation sites (tertiary alicyclic amines) is 1. The van der Waals surface area contributed by atoms with Crippen LogP contribution >= 0.6 is 11.3 Å². The Balaban J connectivity index is 1.33. The number of piperidine rings is 1. The number of amides is 1. The molecule has 0 spiro atoms. The summed E-state index contributed by atoms with van der Waals surface area (Å²) in [5.74, 6) is 0.571. The molecule has 1 aromatic heterocycles. The Hall–Kier alpha value is -0.980. The van der Waals surface area contributed by atoms with E-state index >= 15 is 0 Å². The number of rotatable bonds is 4. The Kier molecular flexibility index (Phi) is 4.64. The van der Waals surface area contributed by atoms with E-state index in [1.807, 2.05) is 16.2 Å². The number of carbonyl (C=O) groups excluding carboxylic acids is 1. The lowest BCUT2D eigenvalue weighted by Gasteiger charge is -2.32. The molecule has 0 aromatic carbocycles. The zero-order valence-electron chi connectivity index (χ0n) is 13.6. The lowest BCUT2D eigenvalue weighted by atomic mass is 9.98. The second-order valence-electron chi connectivity index (χ2n) is 6.88. The number of aryl methyl sites for hydroxylation is 2. The van der Waals surface area contributed by atoms with E-state index in [0.29, 0.717) is 5.92 Å². The van der Waals surface area contributed by atoms with Crippen molar-refractivity contribution in [1.82, 2.24) is 15.2 Å². The monoisotopic (exact) mass is 335 g/mol. The molecule has 2 fully saturated rings. The first-order chi connectivity index (χ1) is 11.3. The van der Waals surface area contributed by atoms with Gasteiger partial charge in [-0.2, -0.15) is 0 Å². The van der Waals surface area contributed by atoms with Gasteiger partial charge in [0.25, 0.3) is 0 Å². The van der Waals surface area contributed by atoms with Crippen molar-refractivity contribution in [3.05, 3.63) is 15.6 Å². The van der Waals surface area contributed by atoms with E-state index in [9.17, 15) is 4.79 Å². The molecular formula is C17H25N3O2S. The molecule has 1 aliphatic carbocycles. The summed E-state index contributed by atoms with van der Waals surface area (Å²) in [7, 11) is 0. The van der Waals surface area contributed by atoms with Crippen LogP contribution in [0.15, 0.2) is 0 Å². The zero-order valence-corrected chi connectivity index (χ0v) is 14.4. The van der Waals surface area contributed by atoms with Crippen LogP contribution in [-0.4, -0.2) is 54.7 Å². The summed E-state index contributed by atoms with van der Waals surface area (Å²) in [5, 5.41) is 4.52. The number of ether oxygens (including phenoxy) is 1. The highest BCUT2D eigenvalue weighted by Gasteiger charge is 2.29. The molecule has 3 aliphatic rings. The molecule has 6 heteroatoms. The van der Waals surface area contributed by atoms with E-state index < -0.39 is 0 Å². The van der Waals surface area contributed by atoms with E-state index in [0.717, 1.165) is 51.9 Å². The normalized spacial score (nSPS) is 27.4. The number of aromatic nitrogens is 1. The third-order valence-electron chi connectivity index (χ3n) is 5.19. The maximum Gasteiger partial charge on any atom is 0.248 e. The zero-order chi connectivity index (χ0) is 15.6. The highest BCUT2D eigenvalue weighted by molar-refractivity contribution is 7.11. The minimum atomic E-state index is 0.144. The number of nitrogens with one attached hydrogen (secondary N) is 1. The van der Waals surface area contributed by atoms with Gasteiger partial charge in [0.15, 0.2) is 0 Å². The summed E-state index contributed by atoms with van der Waals surface area (Å²) in [6.45, 7) is 3.79. The largest absolute Gasteiger partial charge is 0.367 e. The van der Waals surface area contributed by atoms with Crippen molar-refractivity contribution in [2.45, 2.75) is 50.5 Å². The molecule has 2 atom stereocenters. The van der Waals surface area contributed by atoms with Gasteiger partial charge in [-0.05, 0) is 45.1 Å². The Bertz CT molecular complexity index is 547. The Morgan fingerprint density at radius 3 is 3.13 bits per heavy atom. The molecule has 0 saturated carbocycles. The van der Waals surface area contributed by atoms with Crippen molar-refractivity contribution in [2.75, 3.05) is 32.8 Å². The van der Waals surface area contributed by atoms with Gasteiger partial charge in [0.1, 0.15) is 6.61 Å². The van der Waals surface area contributed by atoms with E-state index in [1.165, 1.54) is 28.4 Å². The van der Waals surface area contributed by atoms with E-state index in [1.54, 1.807) is 0 Å². The quantitative estimate of drug-likeness (QED) is 0.910. The molecule has 5 nitrogen and oxygen atoms in total. The van der Waals surface area contributed by atoms with Crippen molar-refractivity contribution < 1.29 is 9.53 Å². The van der Waals surface area contributed by atoms with Gasteiger partial charge in [0.05, 0.1) is 16.8 Å². The van der Waals surface area contributed by atoms with Crippen molar-refractivity contribution in [1.29, 1.82) is 0 Å². The molecule has 1 unspecified atom stereocenters. The molecule has 23 heavy (non-hydrogen) atoms. The lowest BCUT2D eigenvalue weighted by molar-refractivity contribution is -0.139. The van der Waals surface area contributed by atoms with Crippen LogP contribution in [0.4, 0.5) is 0 Å². The first-order valence-electron chi connectivity index (χ1n) is 8.88. The third-order valence-corrected chi connectivity index (χ3v) is 6.51. The summed E-state index contributed by atoms with van der Waals surface area (Å²) in [6, 6.07) is 0. The van der Waals surface area contributed by atoms with Gasteiger partial charge in [-0.15, -0.1) is 11.3 Å². The summed E-state index contributed by atoms with van der Waals surface area (Å²) in [5.41, 5.74) is 1.32. The SMILES string of the molecule is O=C(CO[C@@H]1CCNC1)N1CCCC(c2nc3c(s2)CCC3)C1. The van der Waals surface area contributed by atoms with Crippen LogP contribution in [-0.2, 0) is 22.4 Å². The standard InChI is InChI=1S/C17H25N3O2S/c21-16(11-22-13-6-7-18-9-13)20-8-2-3-12(10-20)17-19-14-4-1-5-15(14)23-17/h12-13,18H,1-11H2/t12?,13-/m1/s1. The van der Waals surface area contributed by atoms with Gasteiger partial charge in [0, 0.05) is 30.4 Å². The average Bonchev–Trinajstić information content (AvgIpc) is 3.29. The van der Waals surface area contributed by atoms with Gasteiger partial charge in [-0.1, -0.05) is 0 Å². The molecular weight excluding hydrogens is 310 g/mol. The Morgan fingerprint density at radius 2 is 2.30 bits per heavy atom. The van der Waals surface area contributed by atoms with Crippen molar-refractivity contribution in [3.63, 3.8) is 0 Å².